The highest BCUT2D eigenvalue weighted by atomic mass is 16.5. The van der Waals surface area contributed by atoms with Gasteiger partial charge in [-0.1, -0.05) is 0 Å². The average Bonchev–Trinajstić information content (AvgIpc) is 2.31. The lowest BCUT2D eigenvalue weighted by atomic mass is 10.2. The summed E-state index contributed by atoms with van der Waals surface area (Å²) in [6, 6.07) is -1.12. The summed E-state index contributed by atoms with van der Waals surface area (Å²) in [6.45, 7) is 0. The Kier molecular flexibility index (Phi) is 2.09. The number of rotatable bonds is 1. The van der Waals surface area contributed by atoms with Crippen LogP contribution >= 0.6 is 0 Å². The molecule has 5 nitrogen and oxygen atoms in total. The molecular weight excluding hydrogens is 148 g/mol. The van der Waals surface area contributed by atoms with Crippen molar-refractivity contribution in [1.29, 1.82) is 0 Å². The molecule has 2 atom stereocenters. The van der Waals surface area contributed by atoms with E-state index in [1.54, 1.807) is 0 Å². The van der Waals surface area contributed by atoms with Gasteiger partial charge in [0.05, 0.1) is 13.2 Å². The molecule has 1 saturated heterocycles. The summed E-state index contributed by atoms with van der Waals surface area (Å²) in [6.07, 6.45) is 0.325. The van der Waals surface area contributed by atoms with Crippen LogP contribution in [0.2, 0.25) is 0 Å². The minimum atomic E-state index is -0.570. The second-order valence-corrected chi connectivity index (χ2v) is 2.43. The lowest BCUT2D eigenvalue weighted by molar-refractivity contribution is -0.143. The van der Waals surface area contributed by atoms with E-state index in [2.05, 4.69) is 10.1 Å². The molecule has 1 heterocycles. The largest absolute Gasteiger partial charge is 0.467 e. The van der Waals surface area contributed by atoms with Crippen molar-refractivity contribution in [2.45, 2.75) is 18.5 Å². The number of hydrogen-bond donors (Lipinski definition) is 2. The van der Waals surface area contributed by atoms with E-state index >= 15 is 0 Å². The molecule has 0 spiro atoms. The van der Waals surface area contributed by atoms with Crippen LogP contribution in [0.3, 0.4) is 0 Å². The molecule has 0 unspecified atom stereocenters. The lowest BCUT2D eigenvalue weighted by Crippen LogP contribution is -2.35. The van der Waals surface area contributed by atoms with Crippen LogP contribution in [0, 0.1) is 0 Å². The Morgan fingerprint density at radius 3 is 2.82 bits per heavy atom. The molecule has 1 fully saturated rings. The number of methoxy groups -OCH3 is 1. The summed E-state index contributed by atoms with van der Waals surface area (Å²) < 4.78 is 4.42. The number of hydrogen-bond acceptors (Lipinski definition) is 4. The monoisotopic (exact) mass is 158 g/mol. The zero-order valence-corrected chi connectivity index (χ0v) is 6.16. The normalized spacial score (nSPS) is 29.8. The van der Waals surface area contributed by atoms with Crippen LogP contribution in [0.15, 0.2) is 0 Å². The maximum Gasteiger partial charge on any atom is 0.328 e. The van der Waals surface area contributed by atoms with E-state index in [0.29, 0.717) is 6.42 Å². The molecule has 0 bridgehead atoms. The molecule has 1 aliphatic rings. The maximum atomic E-state index is 10.8. The van der Waals surface area contributed by atoms with Gasteiger partial charge in [0.25, 0.3) is 0 Å². The van der Waals surface area contributed by atoms with E-state index in [-0.39, 0.29) is 5.91 Å². The van der Waals surface area contributed by atoms with Crippen LogP contribution in [0.25, 0.3) is 0 Å². The zero-order chi connectivity index (χ0) is 8.43. The number of nitrogens with one attached hydrogen (secondary N) is 1. The lowest BCUT2D eigenvalue weighted by Gasteiger charge is -2.04. The standard InChI is InChI=1S/C6H10N2O3/c1-11-6(10)4-2-3(7)5(9)8-4/h3-4H,2,7H2,1H3,(H,8,9)/t3-,4-/m1/s1. The summed E-state index contributed by atoms with van der Waals surface area (Å²) in [5.74, 6) is -0.730. The fraction of sp³-hybridized carbons (Fsp3) is 0.667. The number of amides is 1. The molecule has 1 aliphatic heterocycles. The summed E-state index contributed by atoms with van der Waals surface area (Å²) in [5, 5.41) is 2.42. The highest BCUT2D eigenvalue weighted by Crippen LogP contribution is 2.06. The van der Waals surface area contributed by atoms with Crippen LogP contribution in [0.1, 0.15) is 6.42 Å². The molecule has 11 heavy (non-hydrogen) atoms. The van der Waals surface area contributed by atoms with Gasteiger partial charge in [0.1, 0.15) is 6.04 Å². The van der Waals surface area contributed by atoms with Crippen LogP contribution in [0.4, 0.5) is 0 Å². The van der Waals surface area contributed by atoms with Gasteiger partial charge in [-0.3, -0.25) is 4.79 Å². The predicted octanol–water partition coefficient (Wildman–Crippen LogP) is -1.62. The van der Waals surface area contributed by atoms with E-state index < -0.39 is 18.1 Å². The Bertz CT molecular complexity index is 192. The Balaban J connectivity index is 2.53. The van der Waals surface area contributed by atoms with Crippen molar-refractivity contribution in [3.8, 4) is 0 Å². The maximum absolute atomic E-state index is 10.8. The highest BCUT2D eigenvalue weighted by molar-refractivity contribution is 5.91. The van der Waals surface area contributed by atoms with Gasteiger partial charge in [-0.15, -0.1) is 0 Å². The van der Waals surface area contributed by atoms with Crippen molar-refractivity contribution in [2.24, 2.45) is 5.73 Å². The van der Waals surface area contributed by atoms with Gasteiger partial charge < -0.3 is 15.8 Å². The Labute approximate surface area is 63.9 Å². The van der Waals surface area contributed by atoms with E-state index in [1.165, 1.54) is 7.11 Å². The van der Waals surface area contributed by atoms with Crippen molar-refractivity contribution < 1.29 is 14.3 Å². The first-order valence-corrected chi connectivity index (χ1v) is 3.29. The molecule has 0 aromatic rings. The Morgan fingerprint density at radius 2 is 2.45 bits per heavy atom. The van der Waals surface area contributed by atoms with Crippen molar-refractivity contribution in [2.75, 3.05) is 7.11 Å². The number of carbonyl (C=O) groups is 2. The number of nitrogens with two attached hydrogens (primary N) is 1. The van der Waals surface area contributed by atoms with E-state index in [9.17, 15) is 9.59 Å². The second kappa shape index (κ2) is 2.87. The van der Waals surface area contributed by atoms with E-state index in [1.807, 2.05) is 0 Å². The molecule has 0 radical (unpaired) electrons. The third-order valence-corrected chi connectivity index (χ3v) is 1.63. The molecule has 0 saturated carbocycles. The first kappa shape index (κ1) is 8.00. The van der Waals surface area contributed by atoms with Gasteiger partial charge in [-0.2, -0.15) is 0 Å². The minimum Gasteiger partial charge on any atom is -0.467 e. The van der Waals surface area contributed by atoms with Gasteiger partial charge >= 0.3 is 5.97 Å². The van der Waals surface area contributed by atoms with Crippen molar-refractivity contribution in [1.82, 2.24) is 5.32 Å². The van der Waals surface area contributed by atoms with Gasteiger partial charge in [-0.05, 0) is 0 Å². The fourth-order valence-corrected chi connectivity index (χ4v) is 0.996. The van der Waals surface area contributed by atoms with Gasteiger partial charge in [-0.25, -0.2) is 4.79 Å². The van der Waals surface area contributed by atoms with E-state index in [4.69, 9.17) is 5.73 Å². The minimum absolute atomic E-state index is 0.291. The topological polar surface area (TPSA) is 81.4 Å². The molecule has 3 N–H and O–H groups in total. The van der Waals surface area contributed by atoms with Gasteiger partial charge in [0, 0.05) is 6.42 Å². The molecule has 1 rings (SSSR count). The first-order valence-electron chi connectivity index (χ1n) is 3.29. The fourth-order valence-electron chi connectivity index (χ4n) is 0.996. The van der Waals surface area contributed by atoms with Crippen LogP contribution in [0.5, 0.6) is 0 Å². The van der Waals surface area contributed by atoms with Gasteiger partial charge in [0.2, 0.25) is 5.91 Å². The van der Waals surface area contributed by atoms with Crippen LogP contribution < -0.4 is 11.1 Å². The predicted molar refractivity (Wildman–Crippen MR) is 36.5 cm³/mol. The molecule has 62 valence electrons. The third kappa shape index (κ3) is 1.48. The SMILES string of the molecule is COC(=O)[C@H]1C[C@@H](N)C(=O)N1. The molecule has 0 aliphatic carbocycles. The highest BCUT2D eigenvalue weighted by Gasteiger charge is 2.34. The van der Waals surface area contributed by atoms with Crippen molar-refractivity contribution >= 4 is 11.9 Å². The summed E-state index contributed by atoms with van der Waals surface area (Å²) >= 11 is 0. The summed E-state index contributed by atoms with van der Waals surface area (Å²) in [5.41, 5.74) is 5.34. The quantitative estimate of drug-likeness (QED) is 0.449. The Morgan fingerprint density at radius 1 is 1.82 bits per heavy atom. The third-order valence-electron chi connectivity index (χ3n) is 1.63. The molecular formula is C6H10N2O3. The van der Waals surface area contributed by atoms with E-state index in [0.717, 1.165) is 0 Å². The number of ether oxygens (including phenoxy) is 1. The average molecular weight is 158 g/mol. The second-order valence-electron chi connectivity index (χ2n) is 2.43. The number of esters is 1. The summed E-state index contributed by atoms with van der Waals surface area (Å²) in [7, 11) is 1.28. The van der Waals surface area contributed by atoms with Crippen LogP contribution in [-0.2, 0) is 14.3 Å². The van der Waals surface area contributed by atoms with Crippen LogP contribution in [-0.4, -0.2) is 31.1 Å². The summed E-state index contributed by atoms with van der Waals surface area (Å²) in [4.78, 5) is 21.6. The Hall–Kier alpha value is -1.10. The van der Waals surface area contributed by atoms with Gasteiger partial charge in [0.15, 0.2) is 0 Å². The molecule has 0 aromatic carbocycles. The molecule has 0 aromatic heterocycles. The first-order chi connectivity index (χ1) is 5.15. The molecule has 5 heteroatoms. The molecule has 1 amide bonds. The zero-order valence-electron chi connectivity index (χ0n) is 6.16. The smallest absolute Gasteiger partial charge is 0.328 e. The van der Waals surface area contributed by atoms with Crippen molar-refractivity contribution in [3.05, 3.63) is 0 Å². The number of carbonyl (C=O) groups excluding carboxylic acids is 2. The van der Waals surface area contributed by atoms with Crippen molar-refractivity contribution in [3.63, 3.8) is 0 Å².